The number of rotatable bonds is 4. The van der Waals surface area contributed by atoms with Gasteiger partial charge in [-0.1, -0.05) is 37.3 Å². The Morgan fingerprint density at radius 1 is 1.12 bits per heavy atom. The van der Waals surface area contributed by atoms with E-state index < -0.39 is 0 Å². The summed E-state index contributed by atoms with van der Waals surface area (Å²) in [5.41, 5.74) is 0.959. The second kappa shape index (κ2) is 5.45. The minimum absolute atomic E-state index is 0.0719. The second-order valence-electron chi connectivity index (χ2n) is 3.99. The number of carbonyl (C=O) groups is 2. The molecule has 1 aromatic carbocycles. The molecule has 1 amide bonds. The Labute approximate surface area is 95.9 Å². The highest BCUT2D eigenvalue weighted by atomic mass is 16.1. The first-order valence-electron chi connectivity index (χ1n) is 5.35. The molecule has 0 bridgehead atoms. The van der Waals surface area contributed by atoms with E-state index in [0.29, 0.717) is 0 Å². The standard InChI is InChI=1S/C13H17NO2/c1-9(10(2)15)13(14-11(3)16)12-7-5-4-6-8-12/h4-9,13H,1-3H3,(H,14,16)/t9-,13-/m0/s1. The third-order valence-corrected chi connectivity index (χ3v) is 2.66. The molecular weight excluding hydrogens is 202 g/mol. The molecule has 3 nitrogen and oxygen atoms in total. The van der Waals surface area contributed by atoms with Gasteiger partial charge in [0.1, 0.15) is 5.78 Å². The third kappa shape index (κ3) is 3.19. The molecule has 0 saturated heterocycles. The molecule has 0 unspecified atom stereocenters. The van der Waals surface area contributed by atoms with Gasteiger partial charge in [0.05, 0.1) is 6.04 Å². The quantitative estimate of drug-likeness (QED) is 0.842. The molecule has 1 rings (SSSR count). The van der Waals surface area contributed by atoms with Crippen molar-refractivity contribution in [3.8, 4) is 0 Å². The smallest absolute Gasteiger partial charge is 0.217 e. The maximum Gasteiger partial charge on any atom is 0.217 e. The van der Waals surface area contributed by atoms with E-state index in [-0.39, 0.29) is 23.7 Å². The normalized spacial score (nSPS) is 13.9. The Hall–Kier alpha value is -1.64. The fourth-order valence-corrected chi connectivity index (χ4v) is 1.61. The van der Waals surface area contributed by atoms with Crippen molar-refractivity contribution in [2.45, 2.75) is 26.8 Å². The van der Waals surface area contributed by atoms with Crippen LogP contribution in [0.15, 0.2) is 30.3 Å². The Bertz CT molecular complexity index is 373. The van der Waals surface area contributed by atoms with E-state index >= 15 is 0 Å². The van der Waals surface area contributed by atoms with Crippen molar-refractivity contribution in [1.29, 1.82) is 0 Å². The Kier molecular flexibility index (Phi) is 4.23. The van der Waals surface area contributed by atoms with Gasteiger partial charge in [-0.25, -0.2) is 0 Å². The van der Waals surface area contributed by atoms with Gasteiger partial charge in [0.25, 0.3) is 0 Å². The van der Waals surface area contributed by atoms with Crippen molar-refractivity contribution in [1.82, 2.24) is 5.32 Å². The van der Waals surface area contributed by atoms with Gasteiger partial charge in [-0.15, -0.1) is 0 Å². The van der Waals surface area contributed by atoms with Crippen LogP contribution >= 0.6 is 0 Å². The SMILES string of the molecule is CC(=O)N[C@H](c1ccccc1)[C@@H](C)C(C)=O. The van der Waals surface area contributed by atoms with Crippen molar-refractivity contribution in [2.75, 3.05) is 0 Å². The Morgan fingerprint density at radius 3 is 2.12 bits per heavy atom. The highest BCUT2D eigenvalue weighted by Crippen LogP contribution is 2.22. The van der Waals surface area contributed by atoms with Gasteiger partial charge in [-0.3, -0.25) is 9.59 Å². The number of benzene rings is 1. The lowest BCUT2D eigenvalue weighted by atomic mass is 9.91. The van der Waals surface area contributed by atoms with E-state index in [2.05, 4.69) is 5.32 Å². The van der Waals surface area contributed by atoms with Crippen LogP contribution < -0.4 is 5.32 Å². The number of carbonyl (C=O) groups excluding carboxylic acids is 2. The minimum atomic E-state index is -0.240. The van der Waals surface area contributed by atoms with E-state index in [0.717, 1.165) is 5.56 Å². The highest BCUT2D eigenvalue weighted by molar-refractivity contribution is 5.80. The molecule has 86 valence electrons. The zero-order valence-corrected chi connectivity index (χ0v) is 9.86. The topological polar surface area (TPSA) is 46.2 Å². The van der Waals surface area contributed by atoms with E-state index in [1.165, 1.54) is 6.92 Å². The molecule has 2 atom stereocenters. The van der Waals surface area contributed by atoms with Crippen molar-refractivity contribution in [2.24, 2.45) is 5.92 Å². The molecule has 0 aliphatic carbocycles. The number of hydrogen-bond acceptors (Lipinski definition) is 2. The third-order valence-electron chi connectivity index (χ3n) is 2.66. The van der Waals surface area contributed by atoms with E-state index in [1.807, 2.05) is 37.3 Å². The van der Waals surface area contributed by atoms with Crippen LogP contribution in [0.3, 0.4) is 0 Å². The summed E-state index contributed by atoms with van der Waals surface area (Å²) in [6, 6.07) is 9.30. The molecular formula is C13H17NO2. The van der Waals surface area contributed by atoms with Gasteiger partial charge in [0.2, 0.25) is 5.91 Å². The first kappa shape index (κ1) is 12.4. The van der Waals surface area contributed by atoms with Crippen LogP contribution in [0.1, 0.15) is 32.4 Å². The minimum Gasteiger partial charge on any atom is -0.349 e. The predicted octanol–water partition coefficient (Wildman–Crippen LogP) is 2.09. The summed E-state index contributed by atoms with van der Waals surface area (Å²) in [5.74, 6) is -0.268. The monoisotopic (exact) mass is 219 g/mol. The van der Waals surface area contributed by atoms with Crippen molar-refractivity contribution >= 4 is 11.7 Å². The number of nitrogens with one attached hydrogen (secondary N) is 1. The molecule has 0 spiro atoms. The lowest BCUT2D eigenvalue weighted by Gasteiger charge is -2.23. The van der Waals surface area contributed by atoms with Gasteiger partial charge in [-0.05, 0) is 12.5 Å². The lowest BCUT2D eigenvalue weighted by Crippen LogP contribution is -2.33. The molecule has 0 heterocycles. The van der Waals surface area contributed by atoms with E-state index in [4.69, 9.17) is 0 Å². The van der Waals surface area contributed by atoms with Gasteiger partial charge in [-0.2, -0.15) is 0 Å². The molecule has 0 aliphatic heterocycles. The lowest BCUT2D eigenvalue weighted by molar-refractivity contribution is -0.123. The average molecular weight is 219 g/mol. The maximum atomic E-state index is 11.4. The van der Waals surface area contributed by atoms with Crippen LogP contribution in [-0.4, -0.2) is 11.7 Å². The van der Waals surface area contributed by atoms with Crippen LogP contribution in [0.25, 0.3) is 0 Å². The van der Waals surface area contributed by atoms with Crippen LogP contribution in [0.5, 0.6) is 0 Å². The first-order chi connectivity index (χ1) is 7.52. The predicted molar refractivity (Wildman–Crippen MR) is 62.8 cm³/mol. The van der Waals surface area contributed by atoms with Gasteiger partial charge in [0, 0.05) is 12.8 Å². The second-order valence-corrected chi connectivity index (χ2v) is 3.99. The van der Waals surface area contributed by atoms with Crippen LogP contribution in [0.4, 0.5) is 0 Å². The molecule has 0 fully saturated rings. The van der Waals surface area contributed by atoms with Crippen molar-refractivity contribution in [3.63, 3.8) is 0 Å². The molecule has 0 saturated carbocycles. The maximum absolute atomic E-state index is 11.4. The largest absolute Gasteiger partial charge is 0.349 e. The summed E-state index contributed by atoms with van der Waals surface area (Å²) in [6.07, 6.45) is 0. The fraction of sp³-hybridized carbons (Fsp3) is 0.385. The van der Waals surface area contributed by atoms with E-state index in [1.54, 1.807) is 6.92 Å². The van der Waals surface area contributed by atoms with Crippen LogP contribution in [0.2, 0.25) is 0 Å². The molecule has 0 aliphatic rings. The van der Waals surface area contributed by atoms with Crippen molar-refractivity contribution in [3.05, 3.63) is 35.9 Å². The summed E-state index contributed by atoms with van der Waals surface area (Å²) in [5, 5.41) is 2.82. The Balaban J connectivity index is 2.96. The number of hydrogen-bond donors (Lipinski definition) is 1. The van der Waals surface area contributed by atoms with E-state index in [9.17, 15) is 9.59 Å². The average Bonchev–Trinajstić information content (AvgIpc) is 2.26. The summed E-state index contributed by atoms with van der Waals surface area (Å²) in [4.78, 5) is 22.5. The summed E-state index contributed by atoms with van der Waals surface area (Å²) in [7, 11) is 0. The number of amides is 1. The molecule has 16 heavy (non-hydrogen) atoms. The molecule has 1 aromatic rings. The molecule has 0 aromatic heterocycles. The summed E-state index contributed by atoms with van der Waals surface area (Å²) >= 11 is 0. The first-order valence-corrected chi connectivity index (χ1v) is 5.35. The van der Waals surface area contributed by atoms with Crippen LogP contribution in [-0.2, 0) is 9.59 Å². The molecule has 3 heteroatoms. The molecule has 1 N–H and O–H groups in total. The van der Waals surface area contributed by atoms with Crippen LogP contribution in [0, 0.1) is 5.92 Å². The number of ketones is 1. The van der Waals surface area contributed by atoms with Gasteiger partial charge < -0.3 is 5.32 Å². The fourth-order valence-electron chi connectivity index (χ4n) is 1.61. The Morgan fingerprint density at radius 2 is 1.69 bits per heavy atom. The summed E-state index contributed by atoms with van der Waals surface area (Å²) < 4.78 is 0. The van der Waals surface area contributed by atoms with Crippen molar-refractivity contribution < 1.29 is 9.59 Å². The summed E-state index contributed by atoms with van der Waals surface area (Å²) in [6.45, 7) is 4.83. The highest BCUT2D eigenvalue weighted by Gasteiger charge is 2.23. The zero-order chi connectivity index (χ0) is 12.1. The number of Topliss-reactive ketones (excluding diaryl/α,β-unsaturated/α-hetero) is 1. The molecule has 0 radical (unpaired) electrons. The van der Waals surface area contributed by atoms with Gasteiger partial charge >= 0.3 is 0 Å². The van der Waals surface area contributed by atoms with Gasteiger partial charge in [0.15, 0.2) is 0 Å². The zero-order valence-electron chi connectivity index (χ0n) is 9.86.